The molecule has 2 aromatic rings. The van der Waals surface area contributed by atoms with E-state index in [4.69, 9.17) is 0 Å². The zero-order chi connectivity index (χ0) is 18.4. The molecule has 0 aliphatic rings. The molecule has 132 valence electrons. The van der Waals surface area contributed by atoms with Crippen LogP contribution in [0.5, 0.6) is 0 Å². The van der Waals surface area contributed by atoms with E-state index in [2.05, 4.69) is 15.4 Å². The van der Waals surface area contributed by atoms with E-state index in [0.717, 1.165) is 0 Å². The molecule has 1 unspecified atom stereocenters. The lowest BCUT2D eigenvalue weighted by molar-refractivity contribution is -0.117. The highest BCUT2D eigenvalue weighted by atomic mass is 32.2. The summed E-state index contributed by atoms with van der Waals surface area (Å²) in [7, 11) is -2.20. The SMILES string of the molecule is CNS(=O)(=O)c1ccc(NC(=O)C(C)NC(=O)c2ccccc2)cc1. The van der Waals surface area contributed by atoms with Gasteiger partial charge in [-0.1, -0.05) is 18.2 Å². The zero-order valence-corrected chi connectivity index (χ0v) is 14.6. The molecule has 0 saturated heterocycles. The van der Waals surface area contributed by atoms with Crippen LogP contribution in [0.15, 0.2) is 59.5 Å². The number of benzene rings is 2. The summed E-state index contributed by atoms with van der Waals surface area (Å²) in [6, 6.07) is 13.5. The van der Waals surface area contributed by atoms with Crippen molar-refractivity contribution >= 4 is 27.5 Å². The van der Waals surface area contributed by atoms with Gasteiger partial charge in [-0.2, -0.15) is 0 Å². The zero-order valence-electron chi connectivity index (χ0n) is 13.8. The van der Waals surface area contributed by atoms with Crippen molar-refractivity contribution in [2.45, 2.75) is 17.9 Å². The summed E-state index contributed by atoms with van der Waals surface area (Å²) in [5, 5.41) is 5.23. The first-order valence-electron chi connectivity index (χ1n) is 7.54. The van der Waals surface area contributed by atoms with Gasteiger partial charge in [0.2, 0.25) is 15.9 Å². The topological polar surface area (TPSA) is 104 Å². The standard InChI is InChI=1S/C17H19N3O4S/c1-12(19-17(22)13-6-4-3-5-7-13)16(21)20-14-8-10-15(11-9-14)25(23,24)18-2/h3-12,18H,1-2H3,(H,19,22)(H,20,21). The fraction of sp³-hybridized carbons (Fsp3) is 0.176. The van der Waals surface area contributed by atoms with Gasteiger partial charge >= 0.3 is 0 Å². The molecule has 25 heavy (non-hydrogen) atoms. The van der Waals surface area contributed by atoms with Gasteiger partial charge in [0.05, 0.1) is 4.90 Å². The van der Waals surface area contributed by atoms with Crippen LogP contribution < -0.4 is 15.4 Å². The molecule has 2 aromatic carbocycles. The number of sulfonamides is 1. The van der Waals surface area contributed by atoms with Crippen LogP contribution in [0, 0.1) is 0 Å². The predicted molar refractivity (Wildman–Crippen MR) is 94.7 cm³/mol. The first kappa shape index (κ1) is 18.6. The summed E-state index contributed by atoms with van der Waals surface area (Å²) in [5.74, 6) is -0.757. The lowest BCUT2D eigenvalue weighted by Gasteiger charge is -2.14. The molecule has 1 atom stereocenters. The average molecular weight is 361 g/mol. The monoisotopic (exact) mass is 361 g/mol. The highest BCUT2D eigenvalue weighted by Crippen LogP contribution is 2.14. The van der Waals surface area contributed by atoms with E-state index in [1.807, 2.05) is 0 Å². The molecule has 0 heterocycles. The predicted octanol–water partition coefficient (Wildman–Crippen LogP) is 1.35. The first-order chi connectivity index (χ1) is 11.8. The van der Waals surface area contributed by atoms with Crippen LogP contribution in [0.3, 0.4) is 0 Å². The van der Waals surface area contributed by atoms with E-state index in [1.54, 1.807) is 37.3 Å². The third-order valence-corrected chi connectivity index (χ3v) is 4.91. The second-order valence-corrected chi connectivity index (χ2v) is 7.17. The summed E-state index contributed by atoms with van der Waals surface area (Å²) in [6.07, 6.45) is 0. The van der Waals surface area contributed by atoms with Crippen LogP contribution >= 0.6 is 0 Å². The smallest absolute Gasteiger partial charge is 0.251 e. The minimum absolute atomic E-state index is 0.0958. The number of nitrogens with one attached hydrogen (secondary N) is 3. The average Bonchev–Trinajstić information content (AvgIpc) is 2.62. The molecule has 0 aliphatic heterocycles. The lowest BCUT2D eigenvalue weighted by atomic mass is 10.2. The van der Waals surface area contributed by atoms with Gasteiger partial charge in [-0.3, -0.25) is 9.59 Å². The number of carbonyl (C=O) groups is 2. The van der Waals surface area contributed by atoms with Crippen LogP contribution in [0.25, 0.3) is 0 Å². The molecule has 7 nitrogen and oxygen atoms in total. The van der Waals surface area contributed by atoms with Crippen molar-refractivity contribution in [3.63, 3.8) is 0 Å². The maximum absolute atomic E-state index is 12.2. The Morgan fingerprint density at radius 1 is 0.960 bits per heavy atom. The molecule has 0 aliphatic carbocycles. The van der Waals surface area contributed by atoms with Crippen molar-refractivity contribution in [3.8, 4) is 0 Å². The number of anilines is 1. The summed E-state index contributed by atoms with van der Waals surface area (Å²) in [4.78, 5) is 24.3. The Morgan fingerprint density at radius 3 is 2.12 bits per heavy atom. The molecule has 8 heteroatoms. The molecule has 0 aromatic heterocycles. The second kappa shape index (κ2) is 7.91. The molecular weight excluding hydrogens is 342 g/mol. The highest BCUT2D eigenvalue weighted by Gasteiger charge is 2.17. The van der Waals surface area contributed by atoms with E-state index in [1.165, 1.54) is 31.3 Å². The number of carbonyl (C=O) groups excluding carboxylic acids is 2. The third-order valence-electron chi connectivity index (χ3n) is 3.48. The van der Waals surface area contributed by atoms with E-state index in [0.29, 0.717) is 11.3 Å². The van der Waals surface area contributed by atoms with E-state index in [-0.39, 0.29) is 10.8 Å². The van der Waals surface area contributed by atoms with Gasteiger partial charge in [0, 0.05) is 11.3 Å². The molecule has 0 fully saturated rings. The summed E-state index contributed by atoms with van der Waals surface area (Å²) in [6.45, 7) is 1.57. The molecular formula is C17H19N3O4S. The molecule has 0 spiro atoms. The first-order valence-corrected chi connectivity index (χ1v) is 9.02. The van der Waals surface area contributed by atoms with Gasteiger partial charge < -0.3 is 10.6 Å². The highest BCUT2D eigenvalue weighted by molar-refractivity contribution is 7.89. The summed E-state index contributed by atoms with van der Waals surface area (Å²) >= 11 is 0. The Labute approximate surface area is 146 Å². The van der Waals surface area contributed by atoms with E-state index >= 15 is 0 Å². The van der Waals surface area contributed by atoms with Crippen LogP contribution in [-0.4, -0.2) is 33.3 Å². The quantitative estimate of drug-likeness (QED) is 0.722. The molecule has 0 radical (unpaired) electrons. The largest absolute Gasteiger partial charge is 0.341 e. The van der Waals surface area contributed by atoms with Gasteiger partial charge in [-0.05, 0) is 50.4 Å². The number of rotatable bonds is 6. The number of amides is 2. The van der Waals surface area contributed by atoms with Crippen LogP contribution in [0.1, 0.15) is 17.3 Å². The van der Waals surface area contributed by atoms with Crippen LogP contribution in [0.4, 0.5) is 5.69 Å². The molecule has 3 N–H and O–H groups in total. The maximum Gasteiger partial charge on any atom is 0.251 e. The van der Waals surface area contributed by atoms with Gasteiger partial charge in [0.25, 0.3) is 5.91 Å². The van der Waals surface area contributed by atoms with Crippen molar-refractivity contribution in [2.24, 2.45) is 0 Å². The Kier molecular flexibility index (Phi) is 5.89. The summed E-state index contributed by atoms with van der Waals surface area (Å²) < 4.78 is 25.5. The van der Waals surface area contributed by atoms with E-state index in [9.17, 15) is 18.0 Å². The van der Waals surface area contributed by atoms with Crippen molar-refractivity contribution in [3.05, 3.63) is 60.2 Å². The van der Waals surface area contributed by atoms with Gasteiger partial charge in [-0.25, -0.2) is 13.1 Å². The van der Waals surface area contributed by atoms with Crippen molar-refractivity contribution in [1.82, 2.24) is 10.0 Å². The van der Waals surface area contributed by atoms with Crippen LogP contribution in [0.2, 0.25) is 0 Å². The van der Waals surface area contributed by atoms with E-state index < -0.39 is 22.0 Å². The lowest BCUT2D eigenvalue weighted by Crippen LogP contribution is -2.41. The Hall–Kier alpha value is -2.71. The van der Waals surface area contributed by atoms with Crippen molar-refractivity contribution < 1.29 is 18.0 Å². The minimum Gasteiger partial charge on any atom is -0.341 e. The van der Waals surface area contributed by atoms with Gasteiger partial charge in [0.15, 0.2) is 0 Å². The second-order valence-electron chi connectivity index (χ2n) is 5.28. The Balaban J connectivity index is 1.98. The number of hydrogen-bond acceptors (Lipinski definition) is 4. The molecule has 2 rings (SSSR count). The summed E-state index contributed by atoms with van der Waals surface area (Å²) in [5.41, 5.74) is 0.893. The molecule has 0 saturated carbocycles. The van der Waals surface area contributed by atoms with Gasteiger partial charge in [0.1, 0.15) is 6.04 Å². The molecule has 2 amide bonds. The molecule has 0 bridgehead atoms. The normalized spacial score (nSPS) is 12.2. The number of hydrogen-bond donors (Lipinski definition) is 3. The fourth-order valence-electron chi connectivity index (χ4n) is 2.02. The fourth-order valence-corrected chi connectivity index (χ4v) is 2.75. The van der Waals surface area contributed by atoms with Gasteiger partial charge in [-0.15, -0.1) is 0 Å². The Bertz CT molecular complexity index is 849. The minimum atomic E-state index is -3.53. The third kappa shape index (κ3) is 4.88. The van der Waals surface area contributed by atoms with Crippen molar-refractivity contribution in [2.75, 3.05) is 12.4 Å². The van der Waals surface area contributed by atoms with Crippen LogP contribution in [-0.2, 0) is 14.8 Å². The Morgan fingerprint density at radius 2 is 1.56 bits per heavy atom. The maximum atomic E-state index is 12.2. The van der Waals surface area contributed by atoms with Crippen molar-refractivity contribution in [1.29, 1.82) is 0 Å².